The van der Waals surface area contributed by atoms with Crippen LogP contribution in [0, 0.1) is 11.3 Å². The largest absolute Gasteiger partial charge is 0.481 e. The monoisotopic (exact) mass is 227 g/mol. The van der Waals surface area contributed by atoms with Gasteiger partial charge in [-0.1, -0.05) is 0 Å². The summed E-state index contributed by atoms with van der Waals surface area (Å²) in [7, 11) is 0. The number of carbonyl (C=O) groups is 2. The van der Waals surface area contributed by atoms with Gasteiger partial charge < -0.3 is 15.2 Å². The molecule has 3 atom stereocenters. The Morgan fingerprint density at radius 2 is 2.00 bits per heavy atom. The molecule has 5 heteroatoms. The number of ether oxygens (including phenoxy) is 1. The molecular formula is C11H17NO4. The van der Waals surface area contributed by atoms with E-state index in [-0.39, 0.29) is 17.4 Å². The van der Waals surface area contributed by atoms with E-state index in [1.807, 2.05) is 0 Å². The summed E-state index contributed by atoms with van der Waals surface area (Å²) in [5, 5.41) is 11.5. The Balaban J connectivity index is 1.78. The first-order valence-corrected chi connectivity index (χ1v) is 5.47. The molecule has 16 heavy (non-hydrogen) atoms. The van der Waals surface area contributed by atoms with Gasteiger partial charge in [-0.05, 0) is 33.6 Å². The molecule has 0 aromatic rings. The Bertz CT molecular complexity index is 346. The van der Waals surface area contributed by atoms with Crippen molar-refractivity contribution in [3.63, 3.8) is 0 Å². The number of hydrogen-bond acceptors (Lipinski definition) is 3. The van der Waals surface area contributed by atoms with Gasteiger partial charge in [-0.25, -0.2) is 4.79 Å². The molecule has 3 unspecified atom stereocenters. The Hall–Kier alpha value is -1.26. The van der Waals surface area contributed by atoms with E-state index in [1.165, 1.54) is 0 Å². The van der Waals surface area contributed by atoms with Crippen molar-refractivity contribution >= 4 is 12.1 Å². The summed E-state index contributed by atoms with van der Waals surface area (Å²) < 4.78 is 5.11. The highest BCUT2D eigenvalue weighted by atomic mass is 16.6. The summed E-state index contributed by atoms with van der Waals surface area (Å²) in [6.07, 6.45) is 0.997. The minimum Gasteiger partial charge on any atom is -0.481 e. The normalized spacial score (nSPS) is 35.7. The number of carboxylic acids is 1. The van der Waals surface area contributed by atoms with Crippen LogP contribution < -0.4 is 5.32 Å². The van der Waals surface area contributed by atoms with Gasteiger partial charge in [-0.3, -0.25) is 4.79 Å². The van der Waals surface area contributed by atoms with Crippen LogP contribution in [0.2, 0.25) is 0 Å². The minimum absolute atomic E-state index is 0.0107. The first kappa shape index (κ1) is 11.2. The summed E-state index contributed by atoms with van der Waals surface area (Å²) in [5.41, 5.74) is -0.662. The lowest BCUT2D eigenvalue weighted by Crippen LogP contribution is -2.34. The second kappa shape index (κ2) is 3.12. The van der Waals surface area contributed by atoms with Gasteiger partial charge in [0.15, 0.2) is 0 Å². The lowest BCUT2D eigenvalue weighted by atomic mass is 10.2. The van der Waals surface area contributed by atoms with Gasteiger partial charge >= 0.3 is 12.1 Å². The molecule has 1 amide bonds. The summed E-state index contributed by atoms with van der Waals surface area (Å²) in [6.45, 7) is 5.39. The maximum Gasteiger partial charge on any atom is 0.407 e. The van der Waals surface area contributed by atoms with E-state index in [9.17, 15) is 9.59 Å². The third kappa shape index (κ3) is 1.99. The summed E-state index contributed by atoms with van der Waals surface area (Å²) in [5.74, 6) is -1.03. The van der Waals surface area contributed by atoms with Crippen LogP contribution in [0.5, 0.6) is 0 Å². The summed E-state index contributed by atoms with van der Waals surface area (Å²) in [4.78, 5) is 22.2. The van der Waals surface area contributed by atoms with Crippen LogP contribution in [0.25, 0.3) is 0 Å². The van der Waals surface area contributed by atoms with Crippen LogP contribution in [-0.4, -0.2) is 28.8 Å². The molecule has 0 aromatic heterocycles. The van der Waals surface area contributed by atoms with E-state index >= 15 is 0 Å². The van der Waals surface area contributed by atoms with E-state index < -0.39 is 17.7 Å². The van der Waals surface area contributed by atoms with Crippen LogP contribution in [0.15, 0.2) is 0 Å². The molecule has 1 spiro atoms. The van der Waals surface area contributed by atoms with Crippen LogP contribution >= 0.6 is 0 Å². The van der Waals surface area contributed by atoms with Gasteiger partial charge in [-0.2, -0.15) is 0 Å². The first-order chi connectivity index (χ1) is 7.24. The van der Waals surface area contributed by atoms with Crippen molar-refractivity contribution in [1.82, 2.24) is 5.32 Å². The first-order valence-electron chi connectivity index (χ1n) is 5.47. The molecule has 0 bridgehead atoms. The van der Waals surface area contributed by atoms with Crippen LogP contribution in [0.4, 0.5) is 4.79 Å². The van der Waals surface area contributed by atoms with Gasteiger partial charge in [0.05, 0.1) is 5.92 Å². The average Bonchev–Trinajstić information content (AvgIpc) is 2.89. The van der Waals surface area contributed by atoms with E-state index in [1.54, 1.807) is 20.8 Å². The third-order valence-electron chi connectivity index (χ3n) is 3.23. The second-order valence-corrected chi connectivity index (χ2v) is 5.73. The fourth-order valence-electron chi connectivity index (χ4n) is 2.23. The molecule has 0 aliphatic heterocycles. The zero-order chi connectivity index (χ0) is 12.1. The number of rotatable bonds is 2. The Morgan fingerprint density at radius 1 is 1.38 bits per heavy atom. The van der Waals surface area contributed by atoms with Gasteiger partial charge in [0, 0.05) is 11.5 Å². The Kier molecular flexibility index (Phi) is 2.19. The van der Waals surface area contributed by atoms with Gasteiger partial charge in [0.25, 0.3) is 0 Å². The zero-order valence-corrected chi connectivity index (χ0v) is 9.74. The molecule has 2 rings (SSSR count). The zero-order valence-electron chi connectivity index (χ0n) is 9.74. The number of amides is 1. The Morgan fingerprint density at radius 3 is 2.44 bits per heavy atom. The standard InChI is InChI=1S/C11H17NO4/c1-10(2,3)16-9(15)12-7-5-11(7)4-6(11)8(13)14/h6-7H,4-5H2,1-3H3,(H,12,15)(H,13,14). The fourth-order valence-corrected chi connectivity index (χ4v) is 2.23. The van der Waals surface area contributed by atoms with Crippen LogP contribution in [-0.2, 0) is 9.53 Å². The average molecular weight is 227 g/mol. The number of carboxylic acid groups (broad SMARTS) is 1. The van der Waals surface area contributed by atoms with E-state index in [0.717, 1.165) is 6.42 Å². The van der Waals surface area contributed by atoms with Crippen LogP contribution in [0.1, 0.15) is 33.6 Å². The van der Waals surface area contributed by atoms with E-state index in [0.29, 0.717) is 6.42 Å². The molecular weight excluding hydrogens is 210 g/mol. The fraction of sp³-hybridized carbons (Fsp3) is 0.818. The van der Waals surface area contributed by atoms with Gasteiger partial charge in [-0.15, -0.1) is 0 Å². The van der Waals surface area contributed by atoms with E-state index in [2.05, 4.69) is 5.32 Å². The van der Waals surface area contributed by atoms with E-state index in [4.69, 9.17) is 9.84 Å². The van der Waals surface area contributed by atoms with Crippen molar-refractivity contribution in [1.29, 1.82) is 0 Å². The predicted octanol–water partition coefficient (Wildman–Crippen LogP) is 1.37. The maximum absolute atomic E-state index is 11.4. The molecule has 2 fully saturated rings. The van der Waals surface area contributed by atoms with Crippen molar-refractivity contribution in [3.8, 4) is 0 Å². The summed E-state index contributed by atoms with van der Waals surface area (Å²) >= 11 is 0. The smallest absolute Gasteiger partial charge is 0.407 e. The van der Waals surface area contributed by atoms with Crippen molar-refractivity contribution in [2.45, 2.75) is 45.3 Å². The number of alkyl carbamates (subject to hydrolysis) is 1. The molecule has 2 aliphatic carbocycles. The molecule has 0 saturated heterocycles. The predicted molar refractivity (Wildman–Crippen MR) is 56.0 cm³/mol. The molecule has 0 heterocycles. The SMILES string of the molecule is CC(C)(C)OC(=O)NC1CC12CC2C(=O)O. The number of aliphatic carboxylic acids is 1. The highest BCUT2D eigenvalue weighted by molar-refractivity contribution is 5.77. The van der Waals surface area contributed by atoms with Crippen molar-refractivity contribution in [2.75, 3.05) is 0 Å². The molecule has 2 aliphatic rings. The topological polar surface area (TPSA) is 75.6 Å². The molecule has 2 N–H and O–H groups in total. The molecule has 90 valence electrons. The van der Waals surface area contributed by atoms with Gasteiger partial charge in [0.2, 0.25) is 0 Å². The highest BCUT2D eigenvalue weighted by Crippen LogP contribution is 2.70. The maximum atomic E-state index is 11.4. The Labute approximate surface area is 94.2 Å². The number of nitrogens with one attached hydrogen (secondary N) is 1. The third-order valence-corrected chi connectivity index (χ3v) is 3.23. The second-order valence-electron chi connectivity index (χ2n) is 5.73. The highest BCUT2D eigenvalue weighted by Gasteiger charge is 2.74. The van der Waals surface area contributed by atoms with Crippen LogP contribution in [0.3, 0.4) is 0 Å². The minimum atomic E-state index is -0.756. The van der Waals surface area contributed by atoms with Crippen molar-refractivity contribution in [2.24, 2.45) is 11.3 Å². The summed E-state index contributed by atoms with van der Waals surface area (Å²) in [6, 6.07) is -0.0107. The molecule has 5 nitrogen and oxygen atoms in total. The van der Waals surface area contributed by atoms with Crippen molar-refractivity contribution in [3.05, 3.63) is 0 Å². The number of hydrogen-bond donors (Lipinski definition) is 2. The molecule has 2 saturated carbocycles. The molecule has 0 aromatic carbocycles. The lowest BCUT2D eigenvalue weighted by molar-refractivity contribution is -0.139. The van der Waals surface area contributed by atoms with Gasteiger partial charge in [0.1, 0.15) is 5.60 Å². The van der Waals surface area contributed by atoms with Crippen molar-refractivity contribution < 1.29 is 19.4 Å². The molecule has 0 radical (unpaired) electrons. The number of carbonyl (C=O) groups excluding carboxylic acids is 1. The lowest BCUT2D eigenvalue weighted by Gasteiger charge is -2.19. The quantitative estimate of drug-likeness (QED) is 0.747.